The Morgan fingerprint density at radius 1 is 1.13 bits per heavy atom. The molecule has 1 aliphatic heterocycles. The van der Waals surface area contributed by atoms with Crippen molar-refractivity contribution in [3.63, 3.8) is 0 Å². The van der Waals surface area contributed by atoms with Crippen LogP contribution >= 0.6 is 0 Å². The van der Waals surface area contributed by atoms with Gasteiger partial charge < -0.3 is 9.84 Å². The molecular formula is C25H27FO4. The van der Waals surface area contributed by atoms with Gasteiger partial charge >= 0.3 is 0 Å². The molecule has 1 fully saturated rings. The van der Waals surface area contributed by atoms with Crippen LogP contribution in [0.1, 0.15) is 70.4 Å². The Bertz CT molecular complexity index is 940. The maximum absolute atomic E-state index is 13.9. The van der Waals surface area contributed by atoms with Crippen molar-refractivity contribution in [2.75, 3.05) is 13.3 Å². The van der Waals surface area contributed by atoms with E-state index in [9.17, 15) is 14.0 Å². The highest BCUT2D eigenvalue weighted by atomic mass is 19.1. The van der Waals surface area contributed by atoms with E-state index in [-0.39, 0.29) is 30.5 Å². The van der Waals surface area contributed by atoms with Gasteiger partial charge in [-0.25, -0.2) is 4.39 Å². The fourth-order valence-corrected chi connectivity index (χ4v) is 4.60. The van der Waals surface area contributed by atoms with Crippen molar-refractivity contribution in [3.05, 3.63) is 64.7 Å². The second-order valence-corrected chi connectivity index (χ2v) is 8.31. The van der Waals surface area contributed by atoms with E-state index in [1.54, 1.807) is 19.1 Å². The van der Waals surface area contributed by atoms with Crippen LogP contribution in [0.2, 0.25) is 0 Å². The summed E-state index contributed by atoms with van der Waals surface area (Å²) in [7, 11) is 0. The minimum Gasteiger partial charge on any atom is -0.486 e. The summed E-state index contributed by atoms with van der Waals surface area (Å²) in [5, 5.41) is 9.09. The number of aliphatic hydroxyl groups excluding tert-OH is 1. The third kappa shape index (κ3) is 3.91. The Morgan fingerprint density at radius 3 is 2.57 bits per heavy atom. The highest BCUT2D eigenvalue weighted by Gasteiger charge is 2.40. The van der Waals surface area contributed by atoms with Gasteiger partial charge in [-0.15, -0.1) is 0 Å². The third-order valence-electron chi connectivity index (χ3n) is 6.36. The van der Waals surface area contributed by atoms with Crippen LogP contribution in [0.5, 0.6) is 5.75 Å². The minimum absolute atomic E-state index is 0.0103. The summed E-state index contributed by atoms with van der Waals surface area (Å²) in [5.74, 6) is 0.634. The van der Waals surface area contributed by atoms with Crippen LogP contribution in [0.15, 0.2) is 42.5 Å². The molecule has 2 aliphatic rings. The summed E-state index contributed by atoms with van der Waals surface area (Å²) in [6, 6.07) is 12.9. The lowest BCUT2D eigenvalue weighted by molar-refractivity contribution is 0.0973. The lowest BCUT2D eigenvalue weighted by Gasteiger charge is -2.16. The van der Waals surface area contributed by atoms with E-state index >= 15 is 0 Å². The zero-order chi connectivity index (χ0) is 21.3. The van der Waals surface area contributed by atoms with Gasteiger partial charge in [-0.05, 0) is 42.4 Å². The molecule has 4 rings (SSSR count). The zero-order valence-corrected chi connectivity index (χ0v) is 17.1. The Hall–Kier alpha value is -2.53. The Morgan fingerprint density at radius 2 is 1.90 bits per heavy atom. The fourth-order valence-electron chi connectivity index (χ4n) is 4.60. The summed E-state index contributed by atoms with van der Waals surface area (Å²) in [4.78, 5) is 25.7. The molecule has 4 atom stereocenters. The van der Waals surface area contributed by atoms with Gasteiger partial charge in [0, 0.05) is 30.6 Å². The number of alkyl halides is 1. The summed E-state index contributed by atoms with van der Waals surface area (Å²) in [6.07, 6.45) is 1.66. The van der Waals surface area contributed by atoms with Crippen LogP contribution in [0, 0.1) is 11.8 Å². The first-order valence-electron chi connectivity index (χ1n) is 10.7. The zero-order valence-electron chi connectivity index (χ0n) is 17.1. The molecule has 0 radical (unpaired) electrons. The van der Waals surface area contributed by atoms with Crippen molar-refractivity contribution < 1.29 is 23.8 Å². The van der Waals surface area contributed by atoms with Crippen LogP contribution in [0.4, 0.5) is 4.39 Å². The normalized spacial score (nSPS) is 24.2. The second kappa shape index (κ2) is 8.68. The Kier molecular flexibility index (Phi) is 6.00. The van der Waals surface area contributed by atoms with Gasteiger partial charge in [0.25, 0.3) is 0 Å². The number of hydrogen-bond donors (Lipinski definition) is 1. The van der Waals surface area contributed by atoms with Crippen molar-refractivity contribution in [2.24, 2.45) is 11.8 Å². The highest BCUT2D eigenvalue weighted by molar-refractivity contribution is 6.04. The number of hydrogen-bond acceptors (Lipinski definition) is 4. The molecule has 30 heavy (non-hydrogen) atoms. The van der Waals surface area contributed by atoms with Crippen LogP contribution in [-0.2, 0) is 0 Å². The number of Topliss-reactive ketones (excluding diaryl/α,β-unsaturated/α-hetero) is 2. The van der Waals surface area contributed by atoms with Crippen LogP contribution in [-0.4, -0.2) is 36.1 Å². The van der Waals surface area contributed by atoms with E-state index < -0.39 is 12.8 Å². The maximum Gasteiger partial charge on any atom is 0.166 e. The molecule has 0 unspecified atom stereocenters. The Labute approximate surface area is 176 Å². The lowest BCUT2D eigenvalue weighted by atomic mass is 9.85. The topological polar surface area (TPSA) is 63.6 Å². The van der Waals surface area contributed by atoms with Gasteiger partial charge in [0.15, 0.2) is 11.6 Å². The van der Waals surface area contributed by atoms with E-state index in [0.29, 0.717) is 40.7 Å². The Balaban J connectivity index is 1.72. The van der Waals surface area contributed by atoms with Gasteiger partial charge in [-0.1, -0.05) is 37.3 Å². The molecule has 5 heteroatoms. The van der Waals surface area contributed by atoms with E-state index in [0.717, 1.165) is 18.4 Å². The number of fused-ring (bicyclic) bond motifs is 1. The van der Waals surface area contributed by atoms with Crippen molar-refractivity contribution in [2.45, 2.75) is 44.6 Å². The van der Waals surface area contributed by atoms with Crippen molar-refractivity contribution >= 4 is 11.6 Å². The lowest BCUT2D eigenvalue weighted by Crippen LogP contribution is -2.22. The maximum atomic E-state index is 13.9. The van der Waals surface area contributed by atoms with Crippen LogP contribution < -0.4 is 4.74 Å². The molecule has 2 aromatic rings. The molecule has 1 heterocycles. The first-order chi connectivity index (χ1) is 14.6. The number of aliphatic hydroxyl groups is 1. The van der Waals surface area contributed by atoms with E-state index in [1.165, 1.54) is 0 Å². The third-order valence-corrected chi connectivity index (χ3v) is 6.36. The standard InChI is InChI=1S/C25H27FO4/c1-2-21(28)19-11-18(22(29)13-17-10-16(17)8-9-27)12-20-24(15-6-4-3-5-7-15)23(14-26)30-25(19)20/h3-7,11-12,16-17,23-24,27H,2,8-10,13-14H2,1H3/t16-,17+,23-,24+/m1/s1. The highest BCUT2D eigenvalue weighted by Crippen LogP contribution is 2.47. The predicted molar refractivity (Wildman–Crippen MR) is 112 cm³/mol. The number of ketones is 2. The van der Waals surface area contributed by atoms with Gasteiger partial charge in [-0.2, -0.15) is 0 Å². The average molecular weight is 410 g/mol. The van der Waals surface area contributed by atoms with Gasteiger partial charge in [0.05, 0.1) is 11.5 Å². The molecule has 0 saturated heterocycles. The SMILES string of the molecule is CCC(=O)c1cc(C(=O)C[C@@H]2C[C@H]2CCO)cc2c1O[C@H](CF)[C@H]2c1ccccc1. The van der Waals surface area contributed by atoms with Crippen LogP contribution in [0.25, 0.3) is 0 Å². The molecule has 0 spiro atoms. The number of ether oxygens (including phenoxy) is 1. The smallest absolute Gasteiger partial charge is 0.166 e. The van der Waals surface area contributed by atoms with E-state index in [2.05, 4.69) is 0 Å². The monoisotopic (exact) mass is 410 g/mol. The number of benzene rings is 2. The molecule has 0 amide bonds. The van der Waals surface area contributed by atoms with Crippen molar-refractivity contribution in [1.29, 1.82) is 0 Å². The second-order valence-electron chi connectivity index (χ2n) is 8.31. The predicted octanol–water partition coefficient (Wildman–Crippen LogP) is 4.73. The molecule has 0 bridgehead atoms. The molecule has 158 valence electrons. The number of rotatable bonds is 9. The first-order valence-corrected chi connectivity index (χ1v) is 10.7. The van der Waals surface area contributed by atoms with Crippen molar-refractivity contribution in [3.8, 4) is 5.75 Å². The molecule has 1 saturated carbocycles. The number of carbonyl (C=O) groups excluding carboxylic acids is 2. The molecule has 4 nitrogen and oxygen atoms in total. The molecule has 0 aromatic heterocycles. The van der Waals surface area contributed by atoms with Gasteiger partial charge in [-0.3, -0.25) is 9.59 Å². The van der Waals surface area contributed by atoms with E-state index in [4.69, 9.17) is 9.84 Å². The molecular weight excluding hydrogens is 383 g/mol. The van der Waals surface area contributed by atoms with Crippen LogP contribution in [0.3, 0.4) is 0 Å². The van der Waals surface area contributed by atoms with E-state index in [1.807, 2.05) is 30.3 Å². The largest absolute Gasteiger partial charge is 0.486 e. The number of carbonyl (C=O) groups is 2. The van der Waals surface area contributed by atoms with Gasteiger partial charge in [0.1, 0.15) is 18.5 Å². The molecule has 1 N–H and O–H groups in total. The van der Waals surface area contributed by atoms with Gasteiger partial charge in [0.2, 0.25) is 0 Å². The summed E-state index contributed by atoms with van der Waals surface area (Å²) in [6.45, 7) is 1.23. The summed E-state index contributed by atoms with van der Waals surface area (Å²) in [5.41, 5.74) is 2.49. The first kappa shape index (κ1) is 20.7. The quantitative estimate of drug-likeness (QED) is 0.607. The molecule has 2 aromatic carbocycles. The average Bonchev–Trinajstić information content (AvgIpc) is 3.38. The molecule has 1 aliphatic carbocycles. The summed E-state index contributed by atoms with van der Waals surface area (Å²) >= 11 is 0. The summed E-state index contributed by atoms with van der Waals surface area (Å²) < 4.78 is 19.8. The number of halogens is 1. The fraction of sp³-hybridized carbons (Fsp3) is 0.440. The minimum atomic E-state index is -0.714. The van der Waals surface area contributed by atoms with Crippen molar-refractivity contribution in [1.82, 2.24) is 0 Å².